The molecule has 6 rings (SSSR count). The van der Waals surface area contributed by atoms with Crippen molar-refractivity contribution in [2.24, 2.45) is 0 Å². The zero-order chi connectivity index (χ0) is 24.6. The molecule has 0 bridgehead atoms. The summed E-state index contributed by atoms with van der Waals surface area (Å²) >= 11 is 12.3. The Morgan fingerprint density at radius 1 is 0.806 bits per heavy atom. The zero-order valence-electron chi connectivity index (χ0n) is 19.3. The van der Waals surface area contributed by atoms with E-state index in [9.17, 15) is 4.79 Å². The number of piperazine rings is 1. The maximum absolute atomic E-state index is 13.8. The van der Waals surface area contributed by atoms with E-state index in [0.717, 1.165) is 34.0 Å². The van der Waals surface area contributed by atoms with Crippen LogP contribution in [0.2, 0.25) is 10.0 Å². The Labute approximate surface area is 219 Å². The molecule has 0 N–H and O–H groups in total. The molecule has 0 saturated carbocycles. The molecule has 8 heteroatoms. The third-order valence-corrected chi connectivity index (χ3v) is 7.25. The number of para-hydroxylation sites is 2. The number of hydrogen-bond donors (Lipinski definition) is 0. The van der Waals surface area contributed by atoms with Crippen LogP contribution in [-0.4, -0.2) is 47.2 Å². The maximum atomic E-state index is 13.8. The second-order valence-electron chi connectivity index (χ2n) is 8.82. The summed E-state index contributed by atoms with van der Waals surface area (Å²) in [5.74, 6) is 1.98. The highest BCUT2D eigenvalue weighted by Crippen LogP contribution is 2.44. The molecule has 0 atom stereocenters. The Kier molecular flexibility index (Phi) is 5.99. The molecule has 3 heterocycles. The van der Waals surface area contributed by atoms with Gasteiger partial charge in [0.05, 0.1) is 16.6 Å². The number of hydrogen-bond acceptors (Lipinski definition) is 5. The second kappa shape index (κ2) is 9.45. The fraction of sp³-hybridized carbons (Fsp3) is 0.179. The Morgan fingerprint density at radius 2 is 1.47 bits per heavy atom. The molecule has 4 aromatic rings. The molecular formula is C28H22Cl2N4O2. The average Bonchev–Trinajstić information content (AvgIpc) is 2.91. The van der Waals surface area contributed by atoms with Gasteiger partial charge >= 0.3 is 0 Å². The van der Waals surface area contributed by atoms with Crippen LogP contribution in [0.1, 0.15) is 17.0 Å². The van der Waals surface area contributed by atoms with Gasteiger partial charge in [-0.05, 0) is 42.5 Å². The zero-order valence-corrected chi connectivity index (χ0v) is 20.8. The molecule has 2 aliphatic heterocycles. The van der Waals surface area contributed by atoms with Gasteiger partial charge in [0.1, 0.15) is 11.5 Å². The molecule has 0 radical (unpaired) electrons. The summed E-state index contributed by atoms with van der Waals surface area (Å²) in [6.07, 6.45) is 0. The normalized spacial score (nSPS) is 15.2. The maximum Gasteiger partial charge on any atom is 0.234 e. The molecule has 0 aliphatic carbocycles. The van der Waals surface area contributed by atoms with Gasteiger partial charge in [-0.15, -0.1) is 10.2 Å². The summed E-state index contributed by atoms with van der Waals surface area (Å²) in [5, 5.41) is 9.92. The van der Waals surface area contributed by atoms with Crippen molar-refractivity contribution in [1.82, 2.24) is 15.1 Å². The van der Waals surface area contributed by atoms with Crippen molar-refractivity contribution < 1.29 is 9.53 Å². The molecule has 2 aliphatic rings. The number of benzene rings is 3. The molecule has 1 aromatic heterocycles. The first-order valence-electron chi connectivity index (χ1n) is 11.8. The fourth-order valence-electron chi connectivity index (χ4n) is 4.85. The number of nitrogens with zero attached hydrogens (tertiary/aromatic N) is 4. The van der Waals surface area contributed by atoms with Crippen molar-refractivity contribution in [1.29, 1.82) is 0 Å². The molecule has 3 aromatic carbocycles. The molecule has 1 fully saturated rings. The number of anilines is 1. The van der Waals surface area contributed by atoms with E-state index in [0.29, 0.717) is 41.9 Å². The minimum absolute atomic E-state index is 0.0941. The van der Waals surface area contributed by atoms with Crippen LogP contribution in [-0.2, 0) is 4.79 Å². The number of fused-ring (bicyclic) bond motifs is 2. The summed E-state index contributed by atoms with van der Waals surface area (Å²) in [6.45, 7) is 2.56. The van der Waals surface area contributed by atoms with Crippen molar-refractivity contribution in [3.05, 3.63) is 100 Å². The second-order valence-corrected chi connectivity index (χ2v) is 9.67. The van der Waals surface area contributed by atoms with Gasteiger partial charge in [-0.25, -0.2) is 0 Å². The lowest BCUT2D eigenvalue weighted by Crippen LogP contribution is -2.50. The Bertz CT molecular complexity index is 1390. The highest BCUT2D eigenvalue weighted by molar-refractivity contribution is 6.36. The number of carbonyl (C=O) groups excluding carboxylic acids is 1. The summed E-state index contributed by atoms with van der Waals surface area (Å²) in [6, 6.07) is 24.7. The lowest BCUT2D eigenvalue weighted by atomic mass is 9.86. The third kappa shape index (κ3) is 4.16. The molecule has 180 valence electrons. The predicted octanol–water partition coefficient (Wildman–Crippen LogP) is 6.04. The summed E-state index contributed by atoms with van der Waals surface area (Å²) in [5.41, 5.74) is 3.29. The molecule has 1 saturated heterocycles. The number of ether oxygens (including phenoxy) is 1. The van der Waals surface area contributed by atoms with E-state index in [4.69, 9.17) is 27.9 Å². The van der Waals surface area contributed by atoms with Crippen LogP contribution in [0, 0.1) is 0 Å². The van der Waals surface area contributed by atoms with Crippen LogP contribution in [0.25, 0.3) is 11.3 Å². The lowest BCUT2D eigenvalue weighted by Gasteiger charge is -2.38. The Morgan fingerprint density at radius 3 is 2.08 bits per heavy atom. The fourth-order valence-corrected chi connectivity index (χ4v) is 5.35. The van der Waals surface area contributed by atoms with Gasteiger partial charge in [-0.2, -0.15) is 0 Å². The number of amides is 1. The number of aromatic nitrogens is 2. The van der Waals surface area contributed by atoms with Gasteiger partial charge in [0.2, 0.25) is 5.91 Å². The van der Waals surface area contributed by atoms with Crippen LogP contribution >= 0.6 is 23.2 Å². The SMILES string of the molecule is O=C(C1c2ccccc2Oc2ccccc21)N1CCN(c2ccc(-c3ccc(Cl)cc3Cl)nn2)CC1. The van der Waals surface area contributed by atoms with Crippen LogP contribution in [0.3, 0.4) is 0 Å². The van der Waals surface area contributed by atoms with E-state index >= 15 is 0 Å². The minimum atomic E-state index is -0.374. The summed E-state index contributed by atoms with van der Waals surface area (Å²) in [4.78, 5) is 17.9. The molecule has 0 spiro atoms. The van der Waals surface area contributed by atoms with Crippen molar-refractivity contribution in [3.63, 3.8) is 0 Å². The van der Waals surface area contributed by atoms with E-state index in [2.05, 4.69) is 15.1 Å². The molecule has 1 amide bonds. The van der Waals surface area contributed by atoms with E-state index in [1.807, 2.05) is 71.6 Å². The summed E-state index contributed by atoms with van der Waals surface area (Å²) < 4.78 is 6.07. The lowest BCUT2D eigenvalue weighted by molar-refractivity contribution is -0.132. The van der Waals surface area contributed by atoms with Gasteiger partial charge in [0, 0.05) is 47.9 Å². The van der Waals surface area contributed by atoms with Crippen LogP contribution < -0.4 is 9.64 Å². The van der Waals surface area contributed by atoms with Gasteiger partial charge in [0.15, 0.2) is 5.82 Å². The number of rotatable bonds is 3. The molecule has 6 nitrogen and oxygen atoms in total. The van der Waals surface area contributed by atoms with E-state index < -0.39 is 0 Å². The topological polar surface area (TPSA) is 58.6 Å². The van der Waals surface area contributed by atoms with E-state index in [1.54, 1.807) is 12.1 Å². The monoisotopic (exact) mass is 516 g/mol. The third-order valence-electron chi connectivity index (χ3n) is 6.70. The van der Waals surface area contributed by atoms with Crippen molar-refractivity contribution in [3.8, 4) is 22.8 Å². The first kappa shape index (κ1) is 22.8. The Balaban J connectivity index is 1.17. The number of halogens is 2. The minimum Gasteiger partial charge on any atom is -0.457 e. The first-order valence-corrected chi connectivity index (χ1v) is 12.5. The number of carbonyl (C=O) groups is 1. The van der Waals surface area contributed by atoms with Gasteiger partial charge in [-0.1, -0.05) is 59.6 Å². The molecular weight excluding hydrogens is 495 g/mol. The van der Waals surface area contributed by atoms with Crippen LogP contribution in [0.4, 0.5) is 5.82 Å². The highest BCUT2D eigenvalue weighted by Gasteiger charge is 2.36. The van der Waals surface area contributed by atoms with Crippen LogP contribution in [0.15, 0.2) is 78.9 Å². The van der Waals surface area contributed by atoms with Gasteiger partial charge in [0.25, 0.3) is 0 Å². The quantitative estimate of drug-likeness (QED) is 0.332. The van der Waals surface area contributed by atoms with Crippen molar-refractivity contribution in [2.45, 2.75) is 5.92 Å². The van der Waals surface area contributed by atoms with Gasteiger partial charge in [-0.3, -0.25) is 4.79 Å². The van der Waals surface area contributed by atoms with E-state index in [1.165, 1.54) is 0 Å². The smallest absolute Gasteiger partial charge is 0.234 e. The first-order chi connectivity index (χ1) is 17.6. The van der Waals surface area contributed by atoms with Crippen molar-refractivity contribution >= 4 is 34.9 Å². The molecule has 36 heavy (non-hydrogen) atoms. The largest absolute Gasteiger partial charge is 0.457 e. The van der Waals surface area contributed by atoms with Crippen LogP contribution in [0.5, 0.6) is 11.5 Å². The van der Waals surface area contributed by atoms with E-state index in [-0.39, 0.29) is 11.8 Å². The van der Waals surface area contributed by atoms with Gasteiger partial charge < -0.3 is 14.5 Å². The molecule has 0 unspecified atom stereocenters. The standard InChI is InChI=1S/C28H22Cl2N4O2/c29-18-9-10-19(22(30)17-18)23-11-12-26(32-31-23)33-13-15-34(16-14-33)28(35)27-20-5-1-3-7-24(20)36-25-8-4-2-6-21(25)27/h1-12,17,27H,13-16H2. The average molecular weight is 517 g/mol. The Hall–Kier alpha value is -3.61. The van der Waals surface area contributed by atoms with Crippen molar-refractivity contribution in [2.75, 3.05) is 31.1 Å². The predicted molar refractivity (Wildman–Crippen MR) is 141 cm³/mol. The highest BCUT2D eigenvalue weighted by atomic mass is 35.5. The summed E-state index contributed by atoms with van der Waals surface area (Å²) in [7, 11) is 0.